The lowest BCUT2D eigenvalue weighted by molar-refractivity contribution is -0.123. The third kappa shape index (κ3) is 4.33. The van der Waals surface area contributed by atoms with Gasteiger partial charge in [0.05, 0.1) is 6.04 Å². The van der Waals surface area contributed by atoms with E-state index >= 15 is 0 Å². The first kappa shape index (κ1) is 18.9. The van der Waals surface area contributed by atoms with E-state index in [9.17, 15) is 4.79 Å². The molecule has 1 unspecified atom stereocenters. The van der Waals surface area contributed by atoms with E-state index in [2.05, 4.69) is 30.5 Å². The molecule has 2 heterocycles. The van der Waals surface area contributed by atoms with Gasteiger partial charge in [0.15, 0.2) is 11.5 Å². The minimum absolute atomic E-state index is 0. The summed E-state index contributed by atoms with van der Waals surface area (Å²) in [6, 6.07) is 5.99. The van der Waals surface area contributed by atoms with Gasteiger partial charge < -0.3 is 20.1 Å². The Morgan fingerprint density at radius 1 is 1.25 bits per heavy atom. The van der Waals surface area contributed by atoms with Crippen LogP contribution in [0.1, 0.15) is 38.7 Å². The molecular weight excluding hydrogens is 328 g/mol. The lowest BCUT2D eigenvalue weighted by Crippen LogP contribution is -2.49. The van der Waals surface area contributed by atoms with E-state index in [1.54, 1.807) is 0 Å². The molecular formula is C18H27ClN2O3. The van der Waals surface area contributed by atoms with Gasteiger partial charge in [0.25, 0.3) is 0 Å². The quantitative estimate of drug-likeness (QED) is 0.871. The predicted octanol–water partition coefficient (Wildman–Crippen LogP) is 2.42. The number of rotatable bonds is 4. The van der Waals surface area contributed by atoms with Crippen molar-refractivity contribution in [3.8, 4) is 11.5 Å². The molecule has 2 aliphatic heterocycles. The van der Waals surface area contributed by atoms with Gasteiger partial charge >= 0.3 is 0 Å². The monoisotopic (exact) mass is 354 g/mol. The van der Waals surface area contributed by atoms with E-state index < -0.39 is 0 Å². The Morgan fingerprint density at radius 2 is 2.00 bits per heavy atom. The molecule has 134 valence electrons. The molecule has 1 aromatic carbocycles. The van der Waals surface area contributed by atoms with Crippen LogP contribution < -0.4 is 20.1 Å². The van der Waals surface area contributed by atoms with Crippen LogP contribution in [0.15, 0.2) is 18.2 Å². The Hall–Kier alpha value is -1.46. The van der Waals surface area contributed by atoms with Crippen molar-refractivity contribution in [2.45, 2.75) is 44.6 Å². The van der Waals surface area contributed by atoms with Gasteiger partial charge in [-0.3, -0.25) is 4.79 Å². The number of carbonyl (C=O) groups excluding carboxylic acids is 1. The first-order valence-corrected chi connectivity index (χ1v) is 8.47. The van der Waals surface area contributed by atoms with Gasteiger partial charge in [-0.25, -0.2) is 0 Å². The second-order valence-corrected chi connectivity index (χ2v) is 6.96. The second kappa shape index (κ2) is 8.08. The standard InChI is InChI=1S/C18H26N2O3.ClH/c1-18(2,12-20-17(21)14-5-3-4-8-19-14)13-6-7-15-16(11-13)23-10-9-22-15;/h6-7,11,14,19H,3-5,8-10,12H2,1-2H3,(H,20,21);1H. The zero-order valence-corrected chi connectivity index (χ0v) is 15.2. The fraction of sp³-hybridized carbons (Fsp3) is 0.611. The van der Waals surface area contributed by atoms with Gasteiger partial charge in [-0.1, -0.05) is 26.3 Å². The Morgan fingerprint density at radius 3 is 2.71 bits per heavy atom. The number of nitrogens with one attached hydrogen (secondary N) is 2. The van der Waals surface area contributed by atoms with Crippen molar-refractivity contribution in [2.75, 3.05) is 26.3 Å². The molecule has 0 saturated carbocycles. The van der Waals surface area contributed by atoms with Crippen molar-refractivity contribution in [3.63, 3.8) is 0 Å². The molecule has 1 amide bonds. The molecule has 1 fully saturated rings. The van der Waals surface area contributed by atoms with Crippen molar-refractivity contribution in [2.24, 2.45) is 0 Å². The number of benzene rings is 1. The maximum atomic E-state index is 12.3. The molecule has 3 rings (SSSR count). The number of ether oxygens (including phenoxy) is 2. The van der Waals surface area contributed by atoms with Crippen LogP contribution in [0.3, 0.4) is 0 Å². The summed E-state index contributed by atoms with van der Waals surface area (Å²) in [5, 5.41) is 6.38. The van der Waals surface area contributed by atoms with Crippen molar-refractivity contribution in [1.82, 2.24) is 10.6 Å². The highest BCUT2D eigenvalue weighted by atomic mass is 35.5. The second-order valence-electron chi connectivity index (χ2n) is 6.96. The van der Waals surface area contributed by atoms with Crippen molar-refractivity contribution in [3.05, 3.63) is 23.8 Å². The summed E-state index contributed by atoms with van der Waals surface area (Å²) < 4.78 is 11.2. The molecule has 1 atom stereocenters. The predicted molar refractivity (Wildman–Crippen MR) is 96.4 cm³/mol. The molecule has 0 spiro atoms. The van der Waals surface area contributed by atoms with Gasteiger partial charge in [0.2, 0.25) is 5.91 Å². The number of hydrogen-bond donors (Lipinski definition) is 2. The molecule has 2 N–H and O–H groups in total. The first-order valence-electron chi connectivity index (χ1n) is 8.47. The van der Waals surface area contributed by atoms with Crippen LogP contribution in [0.25, 0.3) is 0 Å². The third-order valence-corrected chi connectivity index (χ3v) is 4.66. The molecule has 5 nitrogen and oxygen atoms in total. The molecule has 0 bridgehead atoms. The minimum Gasteiger partial charge on any atom is -0.486 e. The van der Waals surface area contributed by atoms with Gasteiger partial charge in [-0.2, -0.15) is 0 Å². The van der Waals surface area contributed by atoms with E-state index in [1.807, 2.05) is 12.1 Å². The maximum absolute atomic E-state index is 12.3. The molecule has 24 heavy (non-hydrogen) atoms. The average molecular weight is 355 g/mol. The van der Waals surface area contributed by atoms with E-state index in [4.69, 9.17) is 9.47 Å². The number of fused-ring (bicyclic) bond motifs is 1. The van der Waals surface area contributed by atoms with Crippen LogP contribution in [-0.4, -0.2) is 38.3 Å². The zero-order chi connectivity index (χ0) is 16.3. The Labute approximate surface area is 149 Å². The summed E-state index contributed by atoms with van der Waals surface area (Å²) in [7, 11) is 0. The van der Waals surface area contributed by atoms with Crippen LogP contribution in [0.5, 0.6) is 11.5 Å². The first-order chi connectivity index (χ1) is 11.1. The summed E-state index contributed by atoms with van der Waals surface area (Å²) in [5.74, 6) is 1.70. The Bertz CT molecular complexity index is 571. The highest BCUT2D eigenvalue weighted by Crippen LogP contribution is 2.34. The number of carbonyl (C=O) groups is 1. The van der Waals surface area contributed by atoms with Gasteiger partial charge in [0, 0.05) is 12.0 Å². The van der Waals surface area contributed by atoms with Crippen molar-refractivity contribution < 1.29 is 14.3 Å². The van der Waals surface area contributed by atoms with E-state index in [-0.39, 0.29) is 29.8 Å². The molecule has 2 aliphatic rings. The molecule has 0 aliphatic carbocycles. The van der Waals surface area contributed by atoms with Crippen LogP contribution >= 0.6 is 12.4 Å². The lowest BCUT2D eigenvalue weighted by Gasteiger charge is -2.29. The van der Waals surface area contributed by atoms with Crippen molar-refractivity contribution in [1.29, 1.82) is 0 Å². The Kier molecular flexibility index (Phi) is 6.35. The SMILES string of the molecule is CC(C)(CNC(=O)C1CCCCN1)c1ccc2c(c1)OCCO2.Cl. The topological polar surface area (TPSA) is 59.6 Å². The fourth-order valence-electron chi connectivity index (χ4n) is 3.07. The number of hydrogen-bond acceptors (Lipinski definition) is 4. The number of amides is 1. The summed E-state index contributed by atoms with van der Waals surface area (Å²) in [5.41, 5.74) is 0.971. The van der Waals surface area contributed by atoms with Gasteiger partial charge in [-0.05, 0) is 37.1 Å². The van der Waals surface area contributed by atoms with Crippen LogP contribution in [0, 0.1) is 0 Å². The number of piperidine rings is 1. The van der Waals surface area contributed by atoms with Gasteiger partial charge in [-0.15, -0.1) is 12.4 Å². The molecule has 1 aromatic rings. The highest BCUT2D eigenvalue weighted by molar-refractivity contribution is 5.85. The average Bonchev–Trinajstić information content (AvgIpc) is 2.60. The lowest BCUT2D eigenvalue weighted by atomic mass is 9.84. The molecule has 0 radical (unpaired) electrons. The van der Waals surface area contributed by atoms with E-state index in [1.165, 1.54) is 0 Å². The van der Waals surface area contributed by atoms with Gasteiger partial charge in [0.1, 0.15) is 13.2 Å². The van der Waals surface area contributed by atoms with Crippen LogP contribution in [0.4, 0.5) is 0 Å². The van der Waals surface area contributed by atoms with Crippen LogP contribution in [0.2, 0.25) is 0 Å². The molecule has 0 aromatic heterocycles. The highest BCUT2D eigenvalue weighted by Gasteiger charge is 2.26. The molecule has 1 saturated heterocycles. The van der Waals surface area contributed by atoms with Crippen LogP contribution in [-0.2, 0) is 10.2 Å². The summed E-state index contributed by atoms with van der Waals surface area (Å²) in [6.45, 7) is 6.98. The van der Waals surface area contributed by atoms with E-state index in [0.717, 1.165) is 42.9 Å². The third-order valence-electron chi connectivity index (χ3n) is 4.66. The normalized spacial score (nSPS) is 20.0. The smallest absolute Gasteiger partial charge is 0.237 e. The molecule has 6 heteroatoms. The maximum Gasteiger partial charge on any atom is 0.237 e. The summed E-state index contributed by atoms with van der Waals surface area (Å²) in [4.78, 5) is 12.3. The zero-order valence-electron chi connectivity index (χ0n) is 14.4. The van der Waals surface area contributed by atoms with E-state index in [0.29, 0.717) is 19.8 Å². The fourth-order valence-corrected chi connectivity index (χ4v) is 3.07. The van der Waals surface area contributed by atoms with Crippen molar-refractivity contribution >= 4 is 18.3 Å². The Balaban J connectivity index is 0.00000208. The summed E-state index contributed by atoms with van der Waals surface area (Å²) in [6.07, 6.45) is 3.21. The number of halogens is 1. The largest absolute Gasteiger partial charge is 0.486 e. The summed E-state index contributed by atoms with van der Waals surface area (Å²) >= 11 is 0. The minimum atomic E-state index is -0.167.